The normalized spacial score (nSPS) is 29.7. The van der Waals surface area contributed by atoms with E-state index in [0.29, 0.717) is 5.41 Å². The molecule has 5 heteroatoms. The minimum absolute atomic E-state index is 0.613. The van der Waals surface area contributed by atoms with Crippen molar-refractivity contribution in [2.75, 3.05) is 59.4 Å². The highest BCUT2D eigenvalue weighted by Gasteiger charge is 2.43. The maximum absolute atomic E-state index is 5.85. The van der Waals surface area contributed by atoms with Crippen LogP contribution in [0.2, 0.25) is 0 Å². The Bertz CT molecular complexity index is 301. The van der Waals surface area contributed by atoms with Crippen molar-refractivity contribution in [2.45, 2.75) is 31.7 Å². The first kappa shape index (κ1) is 14.7. The van der Waals surface area contributed by atoms with Crippen molar-refractivity contribution >= 4 is 0 Å². The van der Waals surface area contributed by atoms with Gasteiger partial charge in [0, 0.05) is 58.4 Å². The van der Waals surface area contributed by atoms with E-state index in [1.807, 2.05) is 5.01 Å². The zero-order valence-corrected chi connectivity index (χ0v) is 13.0. The summed E-state index contributed by atoms with van der Waals surface area (Å²) in [6, 6.07) is 0.782. The maximum Gasteiger partial charge on any atom is 0.0143 e. The lowest BCUT2D eigenvalue weighted by Gasteiger charge is -2.42. The second-order valence-corrected chi connectivity index (χ2v) is 7.11. The summed E-state index contributed by atoms with van der Waals surface area (Å²) < 4.78 is 0. The molecule has 3 fully saturated rings. The molecule has 2 heterocycles. The minimum atomic E-state index is 0.613. The van der Waals surface area contributed by atoms with Gasteiger partial charge in [0.15, 0.2) is 0 Å². The smallest absolute Gasteiger partial charge is 0.0143 e. The van der Waals surface area contributed by atoms with Gasteiger partial charge in [-0.25, -0.2) is 5.01 Å². The van der Waals surface area contributed by atoms with Crippen molar-refractivity contribution in [1.29, 1.82) is 0 Å². The van der Waals surface area contributed by atoms with E-state index in [0.717, 1.165) is 19.1 Å². The predicted octanol–water partition coefficient (Wildman–Crippen LogP) is -0.0583. The molecule has 3 aliphatic rings. The van der Waals surface area contributed by atoms with Crippen LogP contribution < -0.4 is 11.2 Å². The number of rotatable bonds is 5. The van der Waals surface area contributed by atoms with E-state index in [2.05, 4.69) is 22.2 Å². The molecule has 1 aliphatic carbocycles. The van der Waals surface area contributed by atoms with Crippen molar-refractivity contribution in [3.8, 4) is 0 Å². The third kappa shape index (κ3) is 3.52. The van der Waals surface area contributed by atoms with Crippen molar-refractivity contribution in [3.63, 3.8) is 0 Å². The highest BCUT2D eigenvalue weighted by molar-refractivity contribution is 4.97. The van der Waals surface area contributed by atoms with Gasteiger partial charge < -0.3 is 10.2 Å². The summed E-state index contributed by atoms with van der Waals surface area (Å²) in [7, 11) is 2.09. The average molecular weight is 281 g/mol. The van der Waals surface area contributed by atoms with Gasteiger partial charge in [-0.05, 0) is 38.1 Å². The molecule has 0 amide bonds. The molecule has 0 atom stereocenters. The summed E-state index contributed by atoms with van der Waals surface area (Å²) in [5.41, 5.74) is 0.613. The second kappa shape index (κ2) is 6.28. The van der Waals surface area contributed by atoms with E-state index in [1.54, 1.807) is 0 Å². The Hall–Kier alpha value is -0.200. The van der Waals surface area contributed by atoms with Crippen molar-refractivity contribution in [2.24, 2.45) is 11.3 Å². The molecule has 5 nitrogen and oxygen atoms in total. The number of nitrogens with zero attached hydrogens (tertiary/aromatic N) is 3. The van der Waals surface area contributed by atoms with E-state index in [9.17, 15) is 0 Å². The van der Waals surface area contributed by atoms with Crippen LogP contribution in [0.1, 0.15) is 25.7 Å². The van der Waals surface area contributed by atoms with Crippen LogP contribution in [0.3, 0.4) is 0 Å². The molecular formula is C15H31N5. The van der Waals surface area contributed by atoms with Crippen molar-refractivity contribution < 1.29 is 0 Å². The topological polar surface area (TPSA) is 47.8 Å². The lowest BCUT2D eigenvalue weighted by atomic mass is 10.0. The number of hydrogen-bond donors (Lipinski definition) is 2. The monoisotopic (exact) mass is 281 g/mol. The molecular weight excluding hydrogens is 250 g/mol. The summed E-state index contributed by atoms with van der Waals surface area (Å²) >= 11 is 0. The Morgan fingerprint density at radius 3 is 2.25 bits per heavy atom. The number of piperidine rings is 1. The SMILES string of the molecule is CNCC1(CN2CCN(C3CCN(N)CC3)CC2)CC1. The number of piperazine rings is 1. The van der Waals surface area contributed by atoms with E-state index in [1.165, 1.54) is 65.0 Å². The summed E-state index contributed by atoms with van der Waals surface area (Å²) in [5.74, 6) is 5.85. The molecule has 2 saturated heterocycles. The lowest BCUT2D eigenvalue weighted by molar-refractivity contribution is 0.0519. The first-order valence-electron chi connectivity index (χ1n) is 8.31. The van der Waals surface area contributed by atoms with Gasteiger partial charge in [-0.2, -0.15) is 0 Å². The molecule has 3 rings (SSSR count). The summed E-state index contributed by atoms with van der Waals surface area (Å²) in [6.45, 7) is 9.66. The van der Waals surface area contributed by atoms with Crippen molar-refractivity contribution in [3.05, 3.63) is 0 Å². The van der Waals surface area contributed by atoms with Crippen LogP contribution in [0.25, 0.3) is 0 Å². The van der Waals surface area contributed by atoms with Crippen LogP contribution >= 0.6 is 0 Å². The first-order chi connectivity index (χ1) is 9.71. The summed E-state index contributed by atoms with van der Waals surface area (Å²) in [5, 5.41) is 5.34. The molecule has 0 unspecified atom stereocenters. The molecule has 0 spiro atoms. The minimum Gasteiger partial charge on any atom is -0.319 e. The Labute approximate surface area is 123 Å². The molecule has 0 aromatic heterocycles. The largest absolute Gasteiger partial charge is 0.319 e. The fourth-order valence-corrected chi connectivity index (χ4v) is 3.95. The van der Waals surface area contributed by atoms with Crippen molar-refractivity contribution in [1.82, 2.24) is 20.1 Å². The van der Waals surface area contributed by atoms with Gasteiger partial charge in [0.2, 0.25) is 0 Å². The first-order valence-corrected chi connectivity index (χ1v) is 8.31. The molecule has 3 N–H and O–H groups in total. The molecule has 0 bridgehead atoms. The van der Waals surface area contributed by atoms with Gasteiger partial charge in [-0.3, -0.25) is 10.7 Å². The maximum atomic E-state index is 5.85. The summed E-state index contributed by atoms with van der Waals surface area (Å²) in [4.78, 5) is 5.40. The fourth-order valence-electron chi connectivity index (χ4n) is 3.95. The van der Waals surface area contributed by atoms with Gasteiger partial charge in [0.25, 0.3) is 0 Å². The zero-order chi connectivity index (χ0) is 14.0. The molecule has 1 saturated carbocycles. The van der Waals surface area contributed by atoms with Gasteiger partial charge in [-0.1, -0.05) is 0 Å². The Morgan fingerprint density at radius 1 is 1.05 bits per heavy atom. The van der Waals surface area contributed by atoms with Gasteiger partial charge in [-0.15, -0.1) is 0 Å². The van der Waals surface area contributed by atoms with Crippen LogP contribution in [0.15, 0.2) is 0 Å². The highest BCUT2D eigenvalue weighted by Crippen LogP contribution is 2.45. The third-order valence-electron chi connectivity index (χ3n) is 5.49. The number of nitrogens with one attached hydrogen (secondary N) is 1. The molecule has 2 aliphatic heterocycles. The van der Waals surface area contributed by atoms with Gasteiger partial charge in [0.1, 0.15) is 0 Å². The van der Waals surface area contributed by atoms with E-state index in [4.69, 9.17) is 5.84 Å². The lowest BCUT2D eigenvalue weighted by Crippen LogP contribution is -2.54. The van der Waals surface area contributed by atoms with E-state index < -0.39 is 0 Å². The highest BCUT2D eigenvalue weighted by atomic mass is 15.4. The number of hydrazine groups is 1. The Balaban J connectivity index is 1.41. The predicted molar refractivity (Wildman–Crippen MR) is 82.4 cm³/mol. The number of nitrogens with two attached hydrogens (primary N) is 1. The van der Waals surface area contributed by atoms with Crippen LogP contribution in [0, 0.1) is 5.41 Å². The second-order valence-electron chi connectivity index (χ2n) is 7.11. The van der Waals surface area contributed by atoms with Crippen LogP contribution in [-0.4, -0.2) is 80.3 Å². The van der Waals surface area contributed by atoms with Crippen LogP contribution in [-0.2, 0) is 0 Å². The molecule has 116 valence electrons. The summed E-state index contributed by atoms with van der Waals surface area (Å²) in [6.07, 6.45) is 5.34. The van der Waals surface area contributed by atoms with E-state index in [-0.39, 0.29) is 0 Å². The molecule has 0 radical (unpaired) electrons. The van der Waals surface area contributed by atoms with E-state index >= 15 is 0 Å². The van der Waals surface area contributed by atoms with Crippen LogP contribution in [0.4, 0.5) is 0 Å². The number of hydrogen-bond acceptors (Lipinski definition) is 5. The standard InChI is InChI=1S/C15H31N5/c1-17-12-15(4-5-15)13-18-8-10-19(11-9-18)14-2-6-20(16)7-3-14/h14,17H,2-13,16H2,1H3. The Morgan fingerprint density at radius 2 is 1.70 bits per heavy atom. The van der Waals surface area contributed by atoms with Gasteiger partial charge in [0.05, 0.1) is 0 Å². The molecule has 20 heavy (non-hydrogen) atoms. The Kier molecular flexibility index (Phi) is 4.62. The van der Waals surface area contributed by atoms with Crippen LogP contribution in [0.5, 0.6) is 0 Å². The average Bonchev–Trinajstić information content (AvgIpc) is 3.21. The quantitative estimate of drug-likeness (QED) is 0.692. The fraction of sp³-hybridized carbons (Fsp3) is 1.00. The zero-order valence-electron chi connectivity index (χ0n) is 13.0. The van der Waals surface area contributed by atoms with Gasteiger partial charge >= 0.3 is 0 Å². The molecule has 0 aromatic carbocycles. The molecule has 0 aromatic rings. The third-order valence-corrected chi connectivity index (χ3v) is 5.49.